The first kappa shape index (κ1) is 15.1. The predicted octanol–water partition coefficient (Wildman–Crippen LogP) is 3.75. The van der Waals surface area contributed by atoms with Crippen LogP contribution in [-0.4, -0.2) is 20.0 Å². The normalized spacial score (nSPS) is 10.3. The van der Waals surface area contributed by atoms with Crippen molar-refractivity contribution in [3.8, 4) is 11.5 Å². The molecule has 0 amide bonds. The van der Waals surface area contributed by atoms with Crippen LogP contribution in [0.2, 0.25) is 0 Å². The number of rotatable bonds is 5. The zero-order valence-electron chi connectivity index (χ0n) is 12.9. The van der Waals surface area contributed by atoms with E-state index in [0.29, 0.717) is 23.5 Å². The van der Waals surface area contributed by atoms with Crippen LogP contribution in [0.25, 0.3) is 0 Å². The molecule has 2 rings (SSSR count). The van der Waals surface area contributed by atoms with Crippen molar-refractivity contribution in [2.75, 3.05) is 14.2 Å². The molecule has 0 spiro atoms. The van der Waals surface area contributed by atoms with Gasteiger partial charge in [-0.2, -0.15) is 0 Å². The average Bonchev–Trinajstić information content (AvgIpc) is 2.45. The number of hydrogen-bond donors (Lipinski definition) is 0. The molecule has 0 saturated heterocycles. The summed E-state index contributed by atoms with van der Waals surface area (Å²) >= 11 is 0. The Hall–Kier alpha value is -2.29. The van der Waals surface area contributed by atoms with E-state index in [1.54, 1.807) is 26.4 Å². The predicted molar refractivity (Wildman–Crippen MR) is 83.5 cm³/mol. The molecule has 0 fully saturated rings. The lowest BCUT2D eigenvalue weighted by Gasteiger charge is -2.12. The molecule has 2 aromatic rings. The highest BCUT2D eigenvalue weighted by molar-refractivity contribution is 6.02. The standard InChI is InChI=1S/C18H20O3/c1-12-8-13(2)10-14(9-12)11-15(19)18-16(20-3)6-5-7-17(18)21-4/h5-10H,11H2,1-4H3. The summed E-state index contributed by atoms with van der Waals surface area (Å²) in [7, 11) is 3.12. The van der Waals surface area contributed by atoms with Gasteiger partial charge in [-0.1, -0.05) is 35.4 Å². The van der Waals surface area contributed by atoms with Crippen LogP contribution in [0.15, 0.2) is 36.4 Å². The number of hydrogen-bond acceptors (Lipinski definition) is 3. The third-order valence-corrected chi connectivity index (χ3v) is 3.35. The van der Waals surface area contributed by atoms with E-state index in [0.717, 1.165) is 16.7 Å². The van der Waals surface area contributed by atoms with E-state index in [1.807, 2.05) is 32.0 Å². The summed E-state index contributed by atoms with van der Waals surface area (Å²) in [6.07, 6.45) is 0.333. The molecule has 0 saturated carbocycles. The molecule has 0 aliphatic carbocycles. The first-order valence-electron chi connectivity index (χ1n) is 6.86. The van der Waals surface area contributed by atoms with Gasteiger partial charge in [0.25, 0.3) is 0 Å². The molecule has 3 nitrogen and oxygen atoms in total. The molecule has 0 N–H and O–H groups in total. The van der Waals surface area contributed by atoms with Crippen molar-refractivity contribution in [1.82, 2.24) is 0 Å². The summed E-state index contributed by atoms with van der Waals surface area (Å²) < 4.78 is 10.6. The topological polar surface area (TPSA) is 35.5 Å². The fourth-order valence-electron chi connectivity index (χ4n) is 2.57. The zero-order valence-corrected chi connectivity index (χ0v) is 12.9. The number of ketones is 1. The highest BCUT2D eigenvalue weighted by Crippen LogP contribution is 2.29. The van der Waals surface area contributed by atoms with Crippen LogP contribution in [0.4, 0.5) is 0 Å². The van der Waals surface area contributed by atoms with Gasteiger partial charge in [0, 0.05) is 6.42 Å². The molecular weight excluding hydrogens is 264 g/mol. The summed E-state index contributed by atoms with van der Waals surface area (Å²) in [6.45, 7) is 4.06. The summed E-state index contributed by atoms with van der Waals surface area (Å²) in [5, 5.41) is 0. The van der Waals surface area contributed by atoms with Gasteiger partial charge in [0.2, 0.25) is 0 Å². The lowest BCUT2D eigenvalue weighted by atomic mass is 9.98. The van der Waals surface area contributed by atoms with Crippen LogP contribution in [0.3, 0.4) is 0 Å². The molecule has 0 atom stereocenters. The Bertz CT molecular complexity index is 617. The van der Waals surface area contributed by atoms with Crippen LogP contribution in [0.1, 0.15) is 27.0 Å². The molecule has 0 radical (unpaired) electrons. The summed E-state index contributed by atoms with van der Waals surface area (Å²) in [4.78, 5) is 12.6. The third-order valence-electron chi connectivity index (χ3n) is 3.35. The maximum Gasteiger partial charge on any atom is 0.174 e. The second-order valence-electron chi connectivity index (χ2n) is 5.13. The van der Waals surface area contributed by atoms with Crippen LogP contribution >= 0.6 is 0 Å². The average molecular weight is 284 g/mol. The molecule has 0 aliphatic heterocycles. The minimum atomic E-state index is -0.00528. The van der Waals surface area contributed by atoms with Crippen molar-refractivity contribution in [2.24, 2.45) is 0 Å². The molecule has 0 heterocycles. The SMILES string of the molecule is COc1cccc(OC)c1C(=O)Cc1cc(C)cc(C)c1. The van der Waals surface area contributed by atoms with Gasteiger partial charge in [-0.15, -0.1) is 0 Å². The Balaban J connectivity index is 2.36. The number of carbonyl (C=O) groups excluding carboxylic acids is 1. The van der Waals surface area contributed by atoms with Crippen LogP contribution < -0.4 is 9.47 Å². The fraction of sp³-hybridized carbons (Fsp3) is 0.278. The number of Topliss-reactive ketones (excluding diaryl/α,β-unsaturated/α-hetero) is 1. The van der Waals surface area contributed by atoms with Crippen molar-refractivity contribution in [3.05, 3.63) is 58.7 Å². The molecule has 0 aliphatic rings. The number of ether oxygens (including phenoxy) is 2. The van der Waals surface area contributed by atoms with Crippen molar-refractivity contribution in [3.63, 3.8) is 0 Å². The molecule has 21 heavy (non-hydrogen) atoms. The fourth-order valence-corrected chi connectivity index (χ4v) is 2.57. The molecule has 3 heteroatoms. The van der Waals surface area contributed by atoms with Gasteiger partial charge in [-0.25, -0.2) is 0 Å². The lowest BCUT2D eigenvalue weighted by molar-refractivity contribution is 0.0987. The summed E-state index contributed by atoms with van der Waals surface area (Å²) in [6, 6.07) is 11.5. The number of aryl methyl sites for hydroxylation is 2. The van der Waals surface area contributed by atoms with Gasteiger partial charge in [0.1, 0.15) is 17.1 Å². The van der Waals surface area contributed by atoms with Crippen LogP contribution in [0.5, 0.6) is 11.5 Å². The van der Waals surface area contributed by atoms with E-state index in [2.05, 4.69) is 6.07 Å². The number of benzene rings is 2. The first-order chi connectivity index (χ1) is 10.0. The molecule has 0 unspecified atom stereocenters. The molecular formula is C18H20O3. The molecule has 110 valence electrons. The Morgan fingerprint density at radius 1 is 0.952 bits per heavy atom. The Morgan fingerprint density at radius 3 is 1.95 bits per heavy atom. The van der Waals surface area contributed by atoms with Crippen molar-refractivity contribution in [1.29, 1.82) is 0 Å². The quantitative estimate of drug-likeness (QED) is 0.784. The van der Waals surface area contributed by atoms with Gasteiger partial charge >= 0.3 is 0 Å². The minimum absolute atomic E-state index is 0.00528. The van der Waals surface area contributed by atoms with Gasteiger partial charge in [-0.3, -0.25) is 4.79 Å². The molecule has 0 aromatic heterocycles. The lowest BCUT2D eigenvalue weighted by Crippen LogP contribution is -2.08. The molecule has 0 bridgehead atoms. The van der Waals surface area contributed by atoms with E-state index in [1.165, 1.54) is 0 Å². The van der Waals surface area contributed by atoms with E-state index >= 15 is 0 Å². The van der Waals surface area contributed by atoms with E-state index in [-0.39, 0.29) is 5.78 Å². The van der Waals surface area contributed by atoms with Gasteiger partial charge in [0.05, 0.1) is 14.2 Å². The van der Waals surface area contributed by atoms with E-state index in [9.17, 15) is 4.79 Å². The van der Waals surface area contributed by atoms with Crippen LogP contribution in [-0.2, 0) is 6.42 Å². The maximum atomic E-state index is 12.6. The van der Waals surface area contributed by atoms with Crippen molar-refractivity contribution >= 4 is 5.78 Å². The van der Waals surface area contributed by atoms with Crippen LogP contribution in [0, 0.1) is 13.8 Å². The third kappa shape index (κ3) is 3.43. The summed E-state index contributed by atoms with van der Waals surface area (Å²) in [5.74, 6) is 1.08. The Morgan fingerprint density at radius 2 is 1.48 bits per heavy atom. The first-order valence-corrected chi connectivity index (χ1v) is 6.86. The van der Waals surface area contributed by atoms with Gasteiger partial charge in [0.15, 0.2) is 5.78 Å². The summed E-state index contributed by atoms with van der Waals surface area (Å²) in [5.41, 5.74) is 3.82. The highest BCUT2D eigenvalue weighted by atomic mass is 16.5. The highest BCUT2D eigenvalue weighted by Gasteiger charge is 2.18. The second kappa shape index (κ2) is 6.44. The van der Waals surface area contributed by atoms with Gasteiger partial charge in [-0.05, 0) is 31.5 Å². The smallest absolute Gasteiger partial charge is 0.174 e. The number of carbonyl (C=O) groups is 1. The monoisotopic (exact) mass is 284 g/mol. The Kier molecular flexibility index (Phi) is 4.63. The number of methoxy groups -OCH3 is 2. The van der Waals surface area contributed by atoms with Crippen molar-refractivity contribution < 1.29 is 14.3 Å². The van der Waals surface area contributed by atoms with Crippen molar-refractivity contribution in [2.45, 2.75) is 20.3 Å². The maximum absolute atomic E-state index is 12.6. The zero-order chi connectivity index (χ0) is 15.4. The Labute approximate surface area is 125 Å². The van der Waals surface area contributed by atoms with E-state index in [4.69, 9.17) is 9.47 Å². The minimum Gasteiger partial charge on any atom is -0.496 e. The van der Waals surface area contributed by atoms with E-state index < -0.39 is 0 Å². The van der Waals surface area contributed by atoms with Gasteiger partial charge < -0.3 is 9.47 Å². The second-order valence-corrected chi connectivity index (χ2v) is 5.13. The molecule has 2 aromatic carbocycles. The largest absolute Gasteiger partial charge is 0.496 e.